The zero-order valence-electron chi connectivity index (χ0n) is 9.51. The fraction of sp³-hybridized carbons (Fsp3) is 0.400. The molecular formula is C10H13N5O. The van der Waals surface area contributed by atoms with E-state index in [9.17, 15) is 4.79 Å². The number of nitriles is 1. The summed E-state index contributed by atoms with van der Waals surface area (Å²) in [5.41, 5.74) is 0.286. The molecule has 84 valence electrons. The molecule has 0 aliphatic carbocycles. The van der Waals surface area contributed by atoms with Crippen LogP contribution in [0.3, 0.4) is 0 Å². The van der Waals surface area contributed by atoms with Crippen molar-refractivity contribution in [2.45, 2.75) is 0 Å². The molecule has 6 heteroatoms. The normalized spacial score (nSPS) is 9.38. The zero-order valence-corrected chi connectivity index (χ0v) is 9.51. The van der Waals surface area contributed by atoms with E-state index >= 15 is 0 Å². The highest BCUT2D eigenvalue weighted by molar-refractivity contribution is 5.80. The first-order valence-corrected chi connectivity index (χ1v) is 4.69. The summed E-state index contributed by atoms with van der Waals surface area (Å²) >= 11 is 0. The van der Waals surface area contributed by atoms with E-state index in [2.05, 4.69) is 9.97 Å². The highest BCUT2D eigenvalue weighted by Gasteiger charge is 2.11. The fourth-order valence-corrected chi connectivity index (χ4v) is 1.01. The van der Waals surface area contributed by atoms with Crippen molar-refractivity contribution >= 4 is 11.9 Å². The van der Waals surface area contributed by atoms with Crippen molar-refractivity contribution in [2.24, 2.45) is 0 Å². The summed E-state index contributed by atoms with van der Waals surface area (Å²) in [4.78, 5) is 22.5. The van der Waals surface area contributed by atoms with E-state index in [0.29, 0.717) is 5.95 Å². The molecule has 0 spiro atoms. The lowest BCUT2D eigenvalue weighted by atomic mass is 10.4. The van der Waals surface area contributed by atoms with Gasteiger partial charge in [-0.15, -0.1) is 0 Å². The summed E-state index contributed by atoms with van der Waals surface area (Å²) in [6.07, 6.45) is 1.50. The number of nitrogens with zero attached hydrogens (tertiary/aromatic N) is 5. The molecule has 0 radical (unpaired) electrons. The molecule has 1 rings (SSSR count). The van der Waals surface area contributed by atoms with Gasteiger partial charge in [0, 0.05) is 27.3 Å². The smallest absolute Gasteiger partial charge is 0.241 e. The van der Waals surface area contributed by atoms with E-state index in [1.165, 1.54) is 17.2 Å². The molecule has 1 amide bonds. The topological polar surface area (TPSA) is 73.1 Å². The largest absolute Gasteiger partial charge is 0.347 e. The van der Waals surface area contributed by atoms with Crippen LogP contribution < -0.4 is 4.90 Å². The van der Waals surface area contributed by atoms with Crippen LogP contribution >= 0.6 is 0 Å². The number of carbonyl (C=O) groups is 1. The Morgan fingerprint density at radius 2 is 2.19 bits per heavy atom. The first-order valence-electron chi connectivity index (χ1n) is 4.69. The Bertz CT molecular complexity index is 423. The Kier molecular flexibility index (Phi) is 3.78. The maximum atomic E-state index is 11.4. The van der Waals surface area contributed by atoms with Gasteiger partial charge in [-0.2, -0.15) is 5.26 Å². The SMILES string of the molecule is CN(C)C(=O)CN(C)c1nccc(C#N)n1. The van der Waals surface area contributed by atoms with Gasteiger partial charge in [0.15, 0.2) is 0 Å². The molecule has 0 atom stereocenters. The summed E-state index contributed by atoms with van der Waals surface area (Å²) in [5.74, 6) is 0.322. The van der Waals surface area contributed by atoms with E-state index in [-0.39, 0.29) is 18.1 Å². The molecule has 0 N–H and O–H groups in total. The Hall–Kier alpha value is -2.16. The number of carbonyl (C=O) groups excluding carboxylic acids is 1. The maximum absolute atomic E-state index is 11.4. The molecule has 0 aromatic carbocycles. The van der Waals surface area contributed by atoms with Crippen LogP contribution in [0, 0.1) is 11.3 Å². The molecule has 0 aliphatic heterocycles. The van der Waals surface area contributed by atoms with Crippen LogP contribution in [0.1, 0.15) is 5.69 Å². The predicted molar refractivity (Wildman–Crippen MR) is 58.7 cm³/mol. The molecule has 0 fully saturated rings. The van der Waals surface area contributed by atoms with Crippen LogP contribution in [-0.4, -0.2) is 48.5 Å². The molecular weight excluding hydrogens is 206 g/mol. The van der Waals surface area contributed by atoms with Crippen molar-refractivity contribution in [1.29, 1.82) is 5.26 Å². The Balaban J connectivity index is 2.77. The third kappa shape index (κ3) is 2.92. The number of likely N-dealkylation sites (N-methyl/N-ethyl adjacent to an activating group) is 2. The molecule has 0 unspecified atom stereocenters. The van der Waals surface area contributed by atoms with Gasteiger partial charge in [0.2, 0.25) is 11.9 Å². The van der Waals surface area contributed by atoms with Gasteiger partial charge in [-0.1, -0.05) is 0 Å². The van der Waals surface area contributed by atoms with E-state index in [1.54, 1.807) is 26.0 Å². The minimum absolute atomic E-state index is 0.0477. The van der Waals surface area contributed by atoms with Crippen LogP contribution in [-0.2, 0) is 4.79 Å². The monoisotopic (exact) mass is 219 g/mol. The number of hydrogen-bond donors (Lipinski definition) is 0. The van der Waals surface area contributed by atoms with Crippen LogP contribution in [0.4, 0.5) is 5.95 Å². The number of hydrogen-bond acceptors (Lipinski definition) is 5. The van der Waals surface area contributed by atoms with E-state index < -0.39 is 0 Å². The summed E-state index contributed by atoms with van der Waals surface area (Å²) < 4.78 is 0. The van der Waals surface area contributed by atoms with Crippen molar-refractivity contribution in [3.63, 3.8) is 0 Å². The average molecular weight is 219 g/mol. The Morgan fingerprint density at radius 3 is 2.75 bits per heavy atom. The number of rotatable bonds is 3. The summed E-state index contributed by atoms with van der Waals surface area (Å²) in [7, 11) is 5.07. The lowest BCUT2D eigenvalue weighted by molar-refractivity contribution is -0.127. The summed E-state index contributed by atoms with van der Waals surface area (Å²) in [6, 6.07) is 3.44. The van der Waals surface area contributed by atoms with Gasteiger partial charge in [0.05, 0.1) is 6.54 Å². The third-order valence-corrected chi connectivity index (χ3v) is 1.97. The minimum atomic E-state index is -0.0477. The number of aromatic nitrogens is 2. The van der Waals surface area contributed by atoms with Crippen molar-refractivity contribution in [3.05, 3.63) is 18.0 Å². The van der Waals surface area contributed by atoms with Crippen LogP contribution in [0.25, 0.3) is 0 Å². The molecule has 0 bridgehead atoms. The van der Waals surface area contributed by atoms with Crippen LogP contribution in [0.5, 0.6) is 0 Å². The van der Waals surface area contributed by atoms with Crippen molar-refractivity contribution < 1.29 is 4.79 Å². The zero-order chi connectivity index (χ0) is 12.1. The second kappa shape index (κ2) is 5.07. The second-order valence-electron chi connectivity index (χ2n) is 3.50. The fourth-order valence-electron chi connectivity index (χ4n) is 1.01. The van der Waals surface area contributed by atoms with Crippen molar-refractivity contribution in [1.82, 2.24) is 14.9 Å². The lowest BCUT2D eigenvalue weighted by Gasteiger charge is -2.18. The second-order valence-corrected chi connectivity index (χ2v) is 3.50. The lowest BCUT2D eigenvalue weighted by Crippen LogP contribution is -2.35. The van der Waals surface area contributed by atoms with Gasteiger partial charge in [-0.05, 0) is 6.07 Å². The van der Waals surface area contributed by atoms with Gasteiger partial charge < -0.3 is 9.80 Å². The standard InChI is InChI=1S/C10H13N5O/c1-14(2)9(16)7-15(3)10-12-5-4-8(6-11)13-10/h4-5H,7H2,1-3H3. The Labute approximate surface area is 94.1 Å². The highest BCUT2D eigenvalue weighted by atomic mass is 16.2. The predicted octanol–water partition coefficient (Wildman–Crippen LogP) is -0.127. The highest BCUT2D eigenvalue weighted by Crippen LogP contribution is 2.04. The third-order valence-electron chi connectivity index (χ3n) is 1.97. The molecule has 0 saturated carbocycles. The van der Waals surface area contributed by atoms with Crippen molar-refractivity contribution in [3.8, 4) is 6.07 Å². The first-order chi connectivity index (χ1) is 7.54. The van der Waals surface area contributed by atoms with Gasteiger partial charge in [-0.25, -0.2) is 9.97 Å². The van der Waals surface area contributed by atoms with Gasteiger partial charge in [-0.3, -0.25) is 4.79 Å². The maximum Gasteiger partial charge on any atom is 0.241 e. The quantitative estimate of drug-likeness (QED) is 0.708. The number of anilines is 1. The summed E-state index contributed by atoms with van der Waals surface area (Å²) in [6.45, 7) is 0.182. The van der Waals surface area contributed by atoms with E-state index in [1.807, 2.05) is 6.07 Å². The average Bonchev–Trinajstić information content (AvgIpc) is 2.28. The molecule has 0 saturated heterocycles. The van der Waals surface area contributed by atoms with E-state index in [4.69, 9.17) is 5.26 Å². The van der Waals surface area contributed by atoms with Gasteiger partial charge >= 0.3 is 0 Å². The molecule has 0 aliphatic rings. The molecule has 1 heterocycles. The van der Waals surface area contributed by atoms with E-state index in [0.717, 1.165) is 0 Å². The van der Waals surface area contributed by atoms with Gasteiger partial charge in [0.1, 0.15) is 11.8 Å². The molecule has 16 heavy (non-hydrogen) atoms. The molecule has 1 aromatic heterocycles. The molecule has 6 nitrogen and oxygen atoms in total. The van der Waals surface area contributed by atoms with Gasteiger partial charge in [0.25, 0.3) is 0 Å². The first kappa shape index (κ1) is 11.9. The van der Waals surface area contributed by atoms with Crippen molar-refractivity contribution in [2.75, 3.05) is 32.6 Å². The summed E-state index contributed by atoms with van der Waals surface area (Å²) in [5, 5.41) is 8.68. The van der Waals surface area contributed by atoms with Crippen LogP contribution in [0.15, 0.2) is 12.3 Å². The number of amides is 1. The molecule has 1 aromatic rings. The Morgan fingerprint density at radius 1 is 1.50 bits per heavy atom. The minimum Gasteiger partial charge on any atom is -0.347 e. The van der Waals surface area contributed by atoms with Crippen LogP contribution in [0.2, 0.25) is 0 Å².